The number of carbonyl (C=O) groups is 2. The molecule has 0 spiro atoms. The summed E-state index contributed by atoms with van der Waals surface area (Å²) >= 11 is 0. The van der Waals surface area contributed by atoms with Gasteiger partial charge in [0.25, 0.3) is 0 Å². The van der Waals surface area contributed by atoms with Crippen LogP contribution in [-0.2, 0) is 40.8 Å². The van der Waals surface area contributed by atoms with E-state index in [0.717, 1.165) is 54.0 Å². The van der Waals surface area contributed by atoms with E-state index in [1.165, 1.54) is 92.0 Å². The van der Waals surface area contributed by atoms with Gasteiger partial charge in [0, 0.05) is 16.6 Å². The van der Waals surface area contributed by atoms with Crippen LogP contribution in [0.15, 0.2) is 78.9 Å². The summed E-state index contributed by atoms with van der Waals surface area (Å²) in [7, 11) is -1.84. The Morgan fingerprint density at radius 2 is 1.07 bits per heavy atom. The lowest BCUT2D eigenvalue weighted by Crippen LogP contribution is -2.61. The summed E-state index contributed by atoms with van der Waals surface area (Å²) in [6.45, 7) is 39.6. The molecule has 0 heterocycles. The molecule has 76 heavy (non-hydrogen) atoms. The average molecular weight is 1080 g/mol. The van der Waals surface area contributed by atoms with E-state index in [1.807, 2.05) is 0 Å². The summed E-state index contributed by atoms with van der Waals surface area (Å²) < 4.78 is 33.2. The highest BCUT2D eigenvalue weighted by molar-refractivity contribution is 6.32. The van der Waals surface area contributed by atoms with Crippen molar-refractivity contribution in [3.8, 4) is 28.0 Å². The van der Waals surface area contributed by atoms with Crippen LogP contribution in [0.1, 0.15) is 234 Å². The third-order valence-corrected chi connectivity index (χ3v) is 20.0. The molecule has 0 aliphatic heterocycles. The molecule has 0 bridgehead atoms. The first-order valence-electron chi connectivity index (χ1n) is 29.8. The number of ether oxygens (including phenoxy) is 3. The molecule has 0 N–H and O–H groups in total. The van der Waals surface area contributed by atoms with Gasteiger partial charge in [0.1, 0.15) is 5.75 Å². The monoisotopic (exact) mass is 1080 g/mol. The number of benzene rings is 3. The number of aryl methyl sites for hydroxylation is 2. The molecular weight excluding hydrogens is 973 g/mol. The largest absolute Gasteiger partial charge is 0.493 e. The Morgan fingerprint density at radius 1 is 0.566 bits per heavy atom. The Hall–Kier alpha value is -3.77. The second-order valence-electron chi connectivity index (χ2n) is 26.6. The zero-order valence-electron chi connectivity index (χ0n) is 50.5. The van der Waals surface area contributed by atoms with E-state index < -0.39 is 30.7 Å². The molecule has 2 fully saturated rings. The molecule has 3 aromatic rings. The minimum Gasteiger partial charge on any atom is -0.493 e. The number of hydrogen-bond acceptors (Lipinski definition) is 7. The van der Waals surface area contributed by atoms with E-state index in [2.05, 4.69) is 151 Å². The first-order chi connectivity index (χ1) is 35.8. The molecule has 9 heteroatoms. The molecule has 422 valence electrons. The highest BCUT2D eigenvalue weighted by atomic mass is 28.2. The Balaban J connectivity index is 1.56. The maximum Gasteiger partial charge on any atom is 0.333 e. The quantitative estimate of drug-likeness (QED) is 0.0275. The average Bonchev–Trinajstić information content (AvgIpc) is 4.24. The molecule has 0 aromatic heterocycles. The van der Waals surface area contributed by atoms with Crippen LogP contribution in [0.5, 0.6) is 5.75 Å². The van der Waals surface area contributed by atoms with E-state index in [1.54, 1.807) is 13.8 Å². The van der Waals surface area contributed by atoms with Crippen molar-refractivity contribution in [2.24, 2.45) is 11.3 Å². The highest BCUT2D eigenvalue weighted by Gasteiger charge is 2.56. The van der Waals surface area contributed by atoms with Crippen molar-refractivity contribution < 1.29 is 32.7 Å². The molecule has 0 radical (unpaired) electrons. The van der Waals surface area contributed by atoms with Crippen molar-refractivity contribution in [3.05, 3.63) is 101 Å². The topological polar surface area (TPSA) is 80.3 Å². The van der Waals surface area contributed by atoms with Crippen molar-refractivity contribution in [1.29, 1.82) is 0 Å². The van der Waals surface area contributed by atoms with Gasteiger partial charge in [-0.3, -0.25) is 0 Å². The number of hydrogen-bond donors (Lipinski definition) is 0. The lowest BCUT2D eigenvalue weighted by atomic mass is 9.59. The first kappa shape index (κ1) is 63.1. The van der Waals surface area contributed by atoms with E-state index in [4.69, 9.17) is 23.1 Å². The highest BCUT2D eigenvalue weighted by Crippen LogP contribution is 2.53. The van der Waals surface area contributed by atoms with Crippen LogP contribution in [0.2, 0.25) is 10.1 Å². The van der Waals surface area contributed by atoms with Gasteiger partial charge in [0.05, 0.1) is 31.0 Å². The molecule has 0 saturated heterocycles. The molecule has 0 unspecified atom stereocenters. The van der Waals surface area contributed by atoms with Crippen LogP contribution in [-0.4, -0.2) is 62.5 Å². The third-order valence-electron chi connectivity index (χ3n) is 16.5. The lowest BCUT2D eigenvalue weighted by Gasteiger charge is -2.57. The molecule has 3 aromatic carbocycles. The number of esters is 2. The minimum atomic E-state index is -0.921. The van der Waals surface area contributed by atoms with Crippen molar-refractivity contribution in [3.63, 3.8) is 0 Å². The van der Waals surface area contributed by atoms with Crippen LogP contribution in [0.25, 0.3) is 22.3 Å². The summed E-state index contributed by atoms with van der Waals surface area (Å²) in [4.78, 5) is 25.2. The van der Waals surface area contributed by atoms with Crippen molar-refractivity contribution >= 4 is 31.5 Å². The van der Waals surface area contributed by atoms with Gasteiger partial charge in [-0.05, 0) is 203 Å². The fourth-order valence-electron chi connectivity index (χ4n) is 11.7. The summed E-state index contributed by atoms with van der Waals surface area (Å²) in [5.74, 6) is 2.19. The van der Waals surface area contributed by atoms with Gasteiger partial charge in [-0.2, -0.15) is 0 Å². The molecule has 0 amide bonds. The zero-order valence-corrected chi connectivity index (χ0v) is 53.3. The number of unbranched alkanes of at least 4 members (excludes halogenated alkanes) is 3. The smallest absolute Gasteiger partial charge is 0.333 e. The molecule has 7 nitrogen and oxygen atoms in total. The fraction of sp³-hybridized carbons (Fsp3) is 0.642. The van der Waals surface area contributed by atoms with Gasteiger partial charge >= 0.3 is 11.9 Å². The van der Waals surface area contributed by atoms with Gasteiger partial charge in [-0.15, -0.1) is 0 Å². The summed E-state index contributed by atoms with van der Waals surface area (Å²) in [6.07, 6.45) is 19.5. The SMILES string of the molecule is C=C(C)C(=O)OCCCc1cc(-c2ccc(-c3ccc(C4CCC(CCCCC)CC4)cc3)cc2C2CC2)cc(CCCOC(=O)C(=C)C)c1OCCC(CCCC)(C(C)(C)O[SiH2]C(C)(C)C)C(C)(C)O[SiH2]C(C)(C)C. The fourth-order valence-corrected chi connectivity index (χ4v) is 13.8. The van der Waals surface area contributed by atoms with E-state index >= 15 is 0 Å². The van der Waals surface area contributed by atoms with Crippen LogP contribution in [0, 0.1) is 11.3 Å². The van der Waals surface area contributed by atoms with E-state index in [0.29, 0.717) is 55.3 Å². The molecular formula is C67H104O7Si2. The number of carbonyl (C=O) groups excluding carboxylic acids is 2. The Morgan fingerprint density at radius 3 is 1.54 bits per heavy atom. The minimum absolute atomic E-state index is 0.121. The lowest BCUT2D eigenvalue weighted by molar-refractivity contribution is -0.158. The van der Waals surface area contributed by atoms with Gasteiger partial charge in [0.15, 0.2) is 19.5 Å². The van der Waals surface area contributed by atoms with Crippen molar-refractivity contribution in [2.75, 3.05) is 19.8 Å². The van der Waals surface area contributed by atoms with Crippen LogP contribution in [0.4, 0.5) is 0 Å². The van der Waals surface area contributed by atoms with Crippen LogP contribution in [0.3, 0.4) is 0 Å². The van der Waals surface area contributed by atoms with E-state index in [9.17, 15) is 9.59 Å². The third kappa shape index (κ3) is 18.4. The Kier molecular flexibility index (Phi) is 23.6. The van der Waals surface area contributed by atoms with Crippen molar-refractivity contribution in [2.45, 2.75) is 246 Å². The number of rotatable bonds is 31. The molecule has 2 aliphatic rings. The summed E-state index contributed by atoms with van der Waals surface area (Å²) in [5, 5.41) is 0.242. The van der Waals surface area contributed by atoms with Crippen molar-refractivity contribution in [1.82, 2.24) is 0 Å². The van der Waals surface area contributed by atoms with Gasteiger partial charge < -0.3 is 23.1 Å². The Labute approximate surface area is 467 Å². The standard InChI is InChI=1S/C67H104O7Si2/c1-17-19-21-24-49-27-29-50(30-28-49)51-31-33-52(34-32-51)54-37-38-58(59(46-54)53-35-36-53)57-44-55(25-22-41-71-61(68)47(3)4)60(56(45-57)26-23-42-72-62(69)48(5)6)70-43-40-67(39-20-18-2,65(13,14)73-75-63(7,8)9)66(15,16)74-76-64(10,11)12/h31-34,37-38,44-46,49-50,53H,3,5,17-30,35-36,39-43,75-76H2,1-2,4,6-16H3. The molecule has 0 atom stereocenters. The zero-order chi connectivity index (χ0) is 55.9. The maximum absolute atomic E-state index is 12.6. The van der Waals surface area contributed by atoms with Crippen LogP contribution >= 0.6 is 0 Å². The summed E-state index contributed by atoms with van der Waals surface area (Å²) in [5.41, 5.74) is 9.42. The second-order valence-corrected chi connectivity index (χ2v) is 32.0. The Bertz CT molecular complexity index is 2270. The van der Waals surface area contributed by atoms with Gasteiger partial charge in [-0.25, -0.2) is 9.59 Å². The van der Waals surface area contributed by atoms with Gasteiger partial charge in [0.2, 0.25) is 0 Å². The summed E-state index contributed by atoms with van der Waals surface area (Å²) in [6, 6.07) is 21.3. The first-order valence-corrected chi connectivity index (χ1v) is 32.3. The van der Waals surface area contributed by atoms with Crippen LogP contribution < -0.4 is 4.74 Å². The second kappa shape index (κ2) is 28.4. The molecule has 2 saturated carbocycles. The maximum atomic E-state index is 12.6. The predicted molar refractivity (Wildman–Crippen MR) is 325 cm³/mol. The van der Waals surface area contributed by atoms with E-state index in [-0.39, 0.29) is 40.6 Å². The van der Waals surface area contributed by atoms with Gasteiger partial charge in [-0.1, -0.05) is 150 Å². The molecule has 2 aliphatic carbocycles. The molecule has 5 rings (SSSR count). The predicted octanol–water partition coefficient (Wildman–Crippen LogP) is 17.0. The normalized spacial score (nSPS) is 17.6.